The SMILES string of the molecule is CCNCCc1ccc(S(=O)(=O)NCCC(C)(C)C)s1. The Bertz CT molecular complexity index is 501. The molecule has 0 amide bonds. The van der Waals surface area contributed by atoms with Crippen molar-refractivity contribution in [2.75, 3.05) is 19.6 Å². The number of thiophene rings is 1. The summed E-state index contributed by atoms with van der Waals surface area (Å²) in [5, 5.41) is 3.24. The predicted octanol–water partition coefficient (Wildman–Crippen LogP) is 2.61. The predicted molar refractivity (Wildman–Crippen MR) is 85.8 cm³/mol. The van der Waals surface area contributed by atoms with Crippen molar-refractivity contribution in [3.8, 4) is 0 Å². The first-order valence-corrected chi connectivity index (χ1v) is 9.34. The van der Waals surface area contributed by atoms with Crippen LogP contribution in [0.5, 0.6) is 0 Å². The Morgan fingerprint density at radius 2 is 1.90 bits per heavy atom. The third kappa shape index (κ3) is 6.35. The van der Waals surface area contributed by atoms with E-state index in [4.69, 9.17) is 0 Å². The van der Waals surface area contributed by atoms with E-state index in [1.807, 2.05) is 6.07 Å². The molecule has 0 bridgehead atoms. The van der Waals surface area contributed by atoms with E-state index in [9.17, 15) is 8.42 Å². The van der Waals surface area contributed by atoms with Crippen molar-refractivity contribution in [3.63, 3.8) is 0 Å². The number of sulfonamides is 1. The average Bonchev–Trinajstić information content (AvgIpc) is 2.77. The Balaban J connectivity index is 2.55. The van der Waals surface area contributed by atoms with Crippen molar-refractivity contribution < 1.29 is 8.42 Å². The molecule has 4 nitrogen and oxygen atoms in total. The van der Waals surface area contributed by atoms with Gasteiger partial charge in [0.25, 0.3) is 0 Å². The zero-order valence-corrected chi connectivity index (χ0v) is 14.5. The molecule has 0 saturated carbocycles. The number of hydrogen-bond donors (Lipinski definition) is 2. The molecule has 1 aromatic rings. The normalized spacial score (nSPS) is 12.8. The number of rotatable bonds is 8. The van der Waals surface area contributed by atoms with E-state index < -0.39 is 10.0 Å². The Hall–Kier alpha value is -0.430. The summed E-state index contributed by atoms with van der Waals surface area (Å²) in [5.41, 5.74) is 0.134. The first-order chi connectivity index (χ1) is 9.24. The van der Waals surface area contributed by atoms with Gasteiger partial charge in [0.15, 0.2) is 0 Å². The Morgan fingerprint density at radius 3 is 2.50 bits per heavy atom. The zero-order valence-electron chi connectivity index (χ0n) is 12.8. The van der Waals surface area contributed by atoms with E-state index in [1.165, 1.54) is 11.3 Å². The van der Waals surface area contributed by atoms with Crippen LogP contribution in [0.25, 0.3) is 0 Å². The number of likely N-dealkylation sites (N-methyl/N-ethyl adjacent to an activating group) is 1. The van der Waals surface area contributed by atoms with Gasteiger partial charge in [0.1, 0.15) is 4.21 Å². The molecule has 0 spiro atoms. The van der Waals surface area contributed by atoms with Crippen LogP contribution in [0.2, 0.25) is 0 Å². The molecule has 1 aromatic heterocycles. The van der Waals surface area contributed by atoms with E-state index >= 15 is 0 Å². The summed E-state index contributed by atoms with van der Waals surface area (Å²) in [4.78, 5) is 1.10. The monoisotopic (exact) mass is 318 g/mol. The van der Waals surface area contributed by atoms with Gasteiger partial charge in [-0.05, 0) is 43.5 Å². The highest BCUT2D eigenvalue weighted by Gasteiger charge is 2.18. The van der Waals surface area contributed by atoms with Crippen LogP contribution in [-0.4, -0.2) is 28.1 Å². The average molecular weight is 319 g/mol. The second-order valence-corrected chi connectivity index (χ2v) is 9.19. The van der Waals surface area contributed by atoms with E-state index in [0.29, 0.717) is 10.8 Å². The molecule has 0 aliphatic carbocycles. The third-order valence-electron chi connectivity index (χ3n) is 2.87. The van der Waals surface area contributed by atoms with E-state index in [0.717, 1.165) is 30.8 Å². The van der Waals surface area contributed by atoms with Crippen LogP contribution < -0.4 is 10.0 Å². The van der Waals surface area contributed by atoms with Crippen molar-refractivity contribution in [1.82, 2.24) is 10.0 Å². The molecule has 0 aliphatic rings. The summed E-state index contributed by atoms with van der Waals surface area (Å²) in [6, 6.07) is 3.60. The van der Waals surface area contributed by atoms with Crippen LogP contribution in [0.15, 0.2) is 16.3 Å². The van der Waals surface area contributed by atoms with Crippen molar-refractivity contribution >= 4 is 21.4 Å². The van der Waals surface area contributed by atoms with E-state index in [-0.39, 0.29) is 5.41 Å². The summed E-state index contributed by atoms with van der Waals surface area (Å²) in [5.74, 6) is 0. The van der Waals surface area contributed by atoms with Gasteiger partial charge in [-0.3, -0.25) is 0 Å². The van der Waals surface area contributed by atoms with Crippen molar-refractivity contribution in [2.24, 2.45) is 5.41 Å². The molecule has 0 atom stereocenters. The molecular formula is C14H26N2O2S2. The Kier molecular flexibility index (Phi) is 6.64. The smallest absolute Gasteiger partial charge is 0.250 e. The topological polar surface area (TPSA) is 58.2 Å². The van der Waals surface area contributed by atoms with Gasteiger partial charge in [-0.2, -0.15) is 0 Å². The highest BCUT2D eigenvalue weighted by atomic mass is 32.2. The molecule has 0 unspecified atom stereocenters. The molecular weight excluding hydrogens is 292 g/mol. The van der Waals surface area contributed by atoms with E-state index in [2.05, 4.69) is 37.7 Å². The molecule has 0 aromatic carbocycles. The maximum atomic E-state index is 12.1. The lowest BCUT2D eigenvalue weighted by Gasteiger charge is -2.17. The standard InChI is InChI=1S/C14H26N2O2S2/c1-5-15-10-8-12-6-7-13(19-12)20(17,18)16-11-9-14(2,3)4/h6-7,15-16H,5,8-11H2,1-4H3. The molecule has 0 saturated heterocycles. The minimum Gasteiger partial charge on any atom is -0.317 e. The first kappa shape index (κ1) is 17.6. The molecule has 116 valence electrons. The lowest BCUT2D eigenvalue weighted by atomic mass is 9.93. The van der Waals surface area contributed by atoms with Crippen LogP contribution in [0, 0.1) is 5.41 Å². The van der Waals surface area contributed by atoms with Crippen molar-refractivity contribution in [1.29, 1.82) is 0 Å². The molecule has 1 rings (SSSR count). The summed E-state index contributed by atoms with van der Waals surface area (Å²) in [6.45, 7) is 10.7. The van der Waals surface area contributed by atoms with Gasteiger partial charge < -0.3 is 5.32 Å². The van der Waals surface area contributed by atoms with Gasteiger partial charge in [0, 0.05) is 11.4 Å². The second-order valence-electron chi connectivity index (χ2n) is 6.03. The molecule has 0 aliphatic heterocycles. The van der Waals surface area contributed by atoms with Gasteiger partial charge >= 0.3 is 0 Å². The molecule has 0 radical (unpaired) electrons. The van der Waals surface area contributed by atoms with Crippen LogP contribution in [0.3, 0.4) is 0 Å². The van der Waals surface area contributed by atoms with Crippen LogP contribution in [0.1, 0.15) is 39.0 Å². The quantitative estimate of drug-likeness (QED) is 0.724. The highest BCUT2D eigenvalue weighted by molar-refractivity contribution is 7.91. The minimum absolute atomic E-state index is 0.134. The molecule has 20 heavy (non-hydrogen) atoms. The van der Waals surface area contributed by atoms with Crippen molar-refractivity contribution in [2.45, 2.75) is 44.7 Å². The minimum atomic E-state index is -3.34. The third-order valence-corrected chi connectivity index (χ3v) is 5.96. The van der Waals surface area contributed by atoms with Crippen LogP contribution in [-0.2, 0) is 16.4 Å². The van der Waals surface area contributed by atoms with Gasteiger partial charge in [0.2, 0.25) is 10.0 Å². The lowest BCUT2D eigenvalue weighted by Crippen LogP contribution is -2.26. The first-order valence-electron chi connectivity index (χ1n) is 7.04. The number of hydrogen-bond acceptors (Lipinski definition) is 4. The summed E-state index contributed by atoms with van der Waals surface area (Å²) >= 11 is 1.36. The van der Waals surface area contributed by atoms with Crippen LogP contribution >= 0.6 is 11.3 Å². The van der Waals surface area contributed by atoms with E-state index in [1.54, 1.807) is 6.07 Å². The summed E-state index contributed by atoms with van der Waals surface area (Å²) in [6.07, 6.45) is 1.70. The maximum absolute atomic E-state index is 12.1. The molecule has 6 heteroatoms. The fourth-order valence-corrected chi connectivity index (χ4v) is 4.09. The maximum Gasteiger partial charge on any atom is 0.250 e. The fraction of sp³-hybridized carbons (Fsp3) is 0.714. The van der Waals surface area contributed by atoms with Gasteiger partial charge in [0.05, 0.1) is 0 Å². The summed E-state index contributed by atoms with van der Waals surface area (Å²) < 4.78 is 27.4. The highest BCUT2D eigenvalue weighted by Crippen LogP contribution is 2.22. The van der Waals surface area contributed by atoms with Crippen molar-refractivity contribution in [3.05, 3.63) is 17.0 Å². The molecule has 2 N–H and O–H groups in total. The molecule has 0 fully saturated rings. The second kappa shape index (κ2) is 7.54. The molecule has 1 heterocycles. The zero-order chi connectivity index (χ0) is 15.2. The van der Waals surface area contributed by atoms with Gasteiger partial charge in [-0.15, -0.1) is 11.3 Å². The van der Waals surface area contributed by atoms with Crippen LogP contribution in [0.4, 0.5) is 0 Å². The Morgan fingerprint density at radius 1 is 1.20 bits per heavy atom. The lowest BCUT2D eigenvalue weighted by molar-refractivity contribution is 0.378. The van der Waals surface area contributed by atoms with Gasteiger partial charge in [-0.1, -0.05) is 27.7 Å². The largest absolute Gasteiger partial charge is 0.317 e. The Labute approximate surface area is 127 Å². The number of nitrogens with one attached hydrogen (secondary N) is 2. The summed E-state index contributed by atoms with van der Waals surface area (Å²) in [7, 11) is -3.34. The van der Waals surface area contributed by atoms with Gasteiger partial charge in [-0.25, -0.2) is 13.1 Å². The fourth-order valence-electron chi connectivity index (χ4n) is 1.66.